The van der Waals surface area contributed by atoms with Crippen molar-refractivity contribution in [3.63, 3.8) is 0 Å². The third kappa shape index (κ3) is 74.1. The first-order valence-electron chi connectivity index (χ1n) is 41.5. The van der Waals surface area contributed by atoms with Crippen LogP contribution in [0.4, 0.5) is 0 Å². The van der Waals surface area contributed by atoms with Crippen molar-refractivity contribution in [2.45, 2.75) is 439 Å². The highest BCUT2D eigenvalue weighted by molar-refractivity contribution is 7.47. The summed E-state index contributed by atoms with van der Waals surface area (Å²) in [5.41, 5.74) is 0. The second kappa shape index (κ2) is 71.7. The second-order valence-electron chi connectivity index (χ2n) is 29.8. The Hall–Kier alpha value is -1.94. The average Bonchev–Trinajstić information content (AvgIpc) is 1.04. The zero-order valence-electron chi connectivity index (χ0n) is 64.8. The lowest BCUT2D eigenvalue weighted by Crippen LogP contribution is -2.30. The second-order valence-corrected chi connectivity index (χ2v) is 32.7. The van der Waals surface area contributed by atoms with E-state index >= 15 is 0 Å². The van der Waals surface area contributed by atoms with Gasteiger partial charge < -0.3 is 33.8 Å². The molecular formula is C80H156O17P2. The quantitative estimate of drug-likeness (QED) is 0.0222. The Kier molecular flexibility index (Phi) is 70.3. The Morgan fingerprint density at radius 1 is 0.273 bits per heavy atom. The Labute approximate surface area is 607 Å². The van der Waals surface area contributed by atoms with E-state index in [1.165, 1.54) is 238 Å². The fourth-order valence-electron chi connectivity index (χ4n) is 12.4. The molecular weight excluding hydrogens is 1290 g/mol. The summed E-state index contributed by atoms with van der Waals surface area (Å²) < 4.78 is 68.6. The molecule has 0 spiro atoms. The number of carbonyl (C=O) groups is 4. The lowest BCUT2D eigenvalue weighted by Gasteiger charge is -2.21. The molecule has 0 heterocycles. The molecule has 0 aromatic carbocycles. The normalized spacial score (nSPS) is 13.9. The van der Waals surface area contributed by atoms with Crippen LogP contribution in [0, 0.1) is 11.8 Å². The van der Waals surface area contributed by atoms with Crippen molar-refractivity contribution >= 4 is 39.5 Å². The van der Waals surface area contributed by atoms with Crippen LogP contribution in [0.2, 0.25) is 0 Å². The van der Waals surface area contributed by atoms with Crippen molar-refractivity contribution in [2.24, 2.45) is 11.8 Å². The molecule has 0 rings (SSSR count). The van der Waals surface area contributed by atoms with Gasteiger partial charge in [0.15, 0.2) is 12.2 Å². The zero-order chi connectivity index (χ0) is 72.8. The Morgan fingerprint density at radius 3 is 0.687 bits per heavy atom. The van der Waals surface area contributed by atoms with Gasteiger partial charge in [0, 0.05) is 25.7 Å². The number of aliphatic hydroxyl groups excluding tert-OH is 1. The van der Waals surface area contributed by atoms with Gasteiger partial charge in [-0.15, -0.1) is 0 Å². The SMILES string of the molecule is CCCCCCCCCCCCCCCCCCCCCCC(=O)O[C@H](COC(=O)CCCCCCCCCCCCCCCCC(C)C)COP(=O)(O)OC[C@@H](O)COP(=O)(O)OC[C@@H](COC(=O)CCCCCCCCCCCCC)OC(=O)CCCCCCCCCCC(C)C. The van der Waals surface area contributed by atoms with Gasteiger partial charge >= 0.3 is 39.5 Å². The summed E-state index contributed by atoms with van der Waals surface area (Å²) in [6.07, 6.45) is 61.1. The largest absolute Gasteiger partial charge is 0.472 e. The molecule has 0 saturated carbocycles. The summed E-state index contributed by atoms with van der Waals surface area (Å²) in [5, 5.41) is 10.6. The summed E-state index contributed by atoms with van der Waals surface area (Å²) in [5.74, 6) is -0.594. The van der Waals surface area contributed by atoms with Gasteiger partial charge in [0.05, 0.1) is 26.4 Å². The lowest BCUT2D eigenvalue weighted by molar-refractivity contribution is -0.161. The standard InChI is InChI=1S/C80H156O17P2/c1-7-9-11-13-15-17-19-20-21-22-23-24-25-26-31-35-39-46-52-58-64-79(84)96-75(68-91-78(83)63-57-51-45-38-34-30-28-27-29-33-36-42-48-54-60-72(3)4)70-94-98(86,87)92-66-74(81)67-93-99(88,89)95-71-76(97-80(85)65-59-53-47-41-40-43-49-55-61-73(5)6)69-90-77(82)62-56-50-44-37-32-18-16-14-12-10-8-2/h72-76,81H,7-71H2,1-6H3,(H,86,87)(H,88,89)/t74-,75-,76-/m1/s1. The molecule has 0 bridgehead atoms. The summed E-state index contributed by atoms with van der Waals surface area (Å²) in [6, 6.07) is 0. The number of esters is 4. The van der Waals surface area contributed by atoms with Gasteiger partial charge in [-0.05, 0) is 37.5 Å². The van der Waals surface area contributed by atoms with Crippen LogP contribution in [0.15, 0.2) is 0 Å². The summed E-state index contributed by atoms with van der Waals surface area (Å²) in [7, 11) is -9.92. The van der Waals surface area contributed by atoms with Crippen molar-refractivity contribution in [3.05, 3.63) is 0 Å². The van der Waals surface area contributed by atoms with Crippen LogP contribution in [0.3, 0.4) is 0 Å². The van der Waals surface area contributed by atoms with Crippen molar-refractivity contribution < 1.29 is 80.2 Å². The fourth-order valence-corrected chi connectivity index (χ4v) is 13.9. The van der Waals surface area contributed by atoms with Crippen molar-refractivity contribution in [1.82, 2.24) is 0 Å². The van der Waals surface area contributed by atoms with E-state index in [9.17, 15) is 43.2 Å². The molecule has 17 nitrogen and oxygen atoms in total. The van der Waals surface area contributed by atoms with Gasteiger partial charge in [-0.2, -0.15) is 0 Å². The van der Waals surface area contributed by atoms with Crippen molar-refractivity contribution in [3.8, 4) is 0 Å². The number of hydrogen-bond acceptors (Lipinski definition) is 15. The van der Waals surface area contributed by atoms with E-state index in [1.54, 1.807) is 0 Å². The number of hydrogen-bond donors (Lipinski definition) is 3. The molecule has 0 aromatic heterocycles. The number of unbranched alkanes of at least 4 members (excludes halogenated alkanes) is 49. The highest BCUT2D eigenvalue weighted by atomic mass is 31.2. The predicted molar refractivity (Wildman–Crippen MR) is 405 cm³/mol. The van der Waals surface area contributed by atoms with Crippen LogP contribution < -0.4 is 0 Å². The van der Waals surface area contributed by atoms with Crippen LogP contribution >= 0.6 is 15.6 Å². The van der Waals surface area contributed by atoms with Crippen LogP contribution in [0.25, 0.3) is 0 Å². The van der Waals surface area contributed by atoms with Crippen molar-refractivity contribution in [1.29, 1.82) is 0 Å². The molecule has 0 aliphatic heterocycles. The third-order valence-electron chi connectivity index (χ3n) is 18.7. The minimum atomic E-state index is -4.96. The predicted octanol–water partition coefficient (Wildman–Crippen LogP) is 23.9. The maximum absolute atomic E-state index is 13.1. The smallest absolute Gasteiger partial charge is 0.462 e. The molecule has 5 atom stereocenters. The molecule has 0 amide bonds. The minimum absolute atomic E-state index is 0.105. The maximum Gasteiger partial charge on any atom is 0.472 e. The Bertz CT molecular complexity index is 1910. The van der Waals surface area contributed by atoms with E-state index in [1.807, 2.05) is 0 Å². The summed E-state index contributed by atoms with van der Waals surface area (Å²) >= 11 is 0. The zero-order valence-corrected chi connectivity index (χ0v) is 66.6. The van der Waals surface area contributed by atoms with E-state index in [4.69, 9.17) is 37.0 Å². The number of rotatable bonds is 79. The summed E-state index contributed by atoms with van der Waals surface area (Å²) in [4.78, 5) is 72.9. The van der Waals surface area contributed by atoms with E-state index < -0.39 is 97.5 Å². The van der Waals surface area contributed by atoms with Gasteiger partial charge in [0.25, 0.3) is 0 Å². The van der Waals surface area contributed by atoms with E-state index in [0.29, 0.717) is 25.7 Å². The van der Waals surface area contributed by atoms with Crippen molar-refractivity contribution in [2.75, 3.05) is 39.6 Å². The monoisotopic (exact) mass is 1450 g/mol. The van der Waals surface area contributed by atoms with Crippen LogP contribution in [-0.4, -0.2) is 96.7 Å². The molecule has 0 aliphatic rings. The number of aliphatic hydroxyl groups is 1. The molecule has 588 valence electrons. The molecule has 0 aromatic rings. The molecule has 3 N–H and O–H groups in total. The fraction of sp³-hybridized carbons (Fsp3) is 0.950. The number of phosphoric acid groups is 2. The highest BCUT2D eigenvalue weighted by Crippen LogP contribution is 2.45. The molecule has 0 saturated heterocycles. The van der Waals surface area contributed by atoms with Gasteiger partial charge in [0.2, 0.25) is 0 Å². The molecule has 0 aliphatic carbocycles. The average molecular weight is 1450 g/mol. The molecule has 19 heteroatoms. The van der Waals surface area contributed by atoms with Gasteiger partial charge in [-0.1, -0.05) is 369 Å². The number of carbonyl (C=O) groups excluding carboxylic acids is 4. The minimum Gasteiger partial charge on any atom is -0.462 e. The van der Waals surface area contributed by atoms with Crippen LogP contribution in [0.1, 0.15) is 420 Å². The molecule has 99 heavy (non-hydrogen) atoms. The molecule has 0 fully saturated rings. The van der Waals surface area contributed by atoms with Crippen LogP contribution in [0.5, 0.6) is 0 Å². The van der Waals surface area contributed by atoms with Gasteiger partial charge in [-0.25, -0.2) is 9.13 Å². The first-order chi connectivity index (χ1) is 47.9. The van der Waals surface area contributed by atoms with E-state index in [-0.39, 0.29) is 25.7 Å². The highest BCUT2D eigenvalue weighted by Gasteiger charge is 2.30. The van der Waals surface area contributed by atoms with E-state index in [0.717, 1.165) is 102 Å². The maximum atomic E-state index is 13.1. The topological polar surface area (TPSA) is 237 Å². The Balaban J connectivity index is 5.22. The Morgan fingerprint density at radius 2 is 0.465 bits per heavy atom. The third-order valence-corrected chi connectivity index (χ3v) is 20.6. The van der Waals surface area contributed by atoms with Crippen LogP contribution in [-0.2, 0) is 65.4 Å². The van der Waals surface area contributed by atoms with Gasteiger partial charge in [0.1, 0.15) is 19.3 Å². The number of ether oxygens (including phenoxy) is 4. The molecule has 2 unspecified atom stereocenters. The van der Waals surface area contributed by atoms with E-state index in [2.05, 4.69) is 41.5 Å². The summed E-state index contributed by atoms with van der Waals surface area (Å²) in [6.45, 7) is 9.60. The number of phosphoric ester groups is 2. The lowest BCUT2D eigenvalue weighted by atomic mass is 10.0. The van der Waals surface area contributed by atoms with Gasteiger partial charge in [-0.3, -0.25) is 37.3 Å². The molecule has 0 radical (unpaired) electrons. The first kappa shape index (κ1) is 97.1. The first-order valence-corrected chi connectivity index (χ1v) is 44.5.